The summed E-state index contributed by atoms with van der Waals surface area (Å²) in [6.07, 6.45) is 2.39. The molecule has 20 heavy (non-hydrogen) atoms. The van der Waals surface area contributed by atoms with Gasteiger partial charge in [0.1, 0.15) is 0 Å². The van der Waals surface area contributed by atoms with Gasteiger partial charge < -0.3 is 11.1 Å². The molecule has 3 rings (SSSR count). The average molecular weight is 267 g/mol. The third kappa shape index (κ3) is 2.30. The smallest absolute Gasteiger partial charge is 0.253 e. The number of fused-ring (bicyclic) bond motifs is 1. The lowest BCUT2D eigenvalue weighted by Crippen LogP contribution is -2.38. The number of hydrogen-bond acceptors (Lipinski definition) is 3. The summed E-state index contributed by atoms with van der Waals surface area (Å²) in [6, 6.07) is 11.5. The van der Waals surface area contributed by atoms with Crippen molar-refractivity contribution in [2.24, 2.45) is 5.73 Å². The van der Waals surface area contributed by atoms with Crippen LogP contribution in [0.15, 0.2) is 42.6 Å². The number of aromatic nitrogens is 1. The Kier molecular flexibility index (Phi) is 3.24. The van der Waals surface area contributed by atoms with E-state index in [-0.39, 0.29) is 18.0 Å². The van der Waals surface area contributed by atoms with E-state index in [4.69, 9.17) is 5.73 Å². The minimum atomic E-state index is -0.130. The Morgan fingerprint density at radius 3 is 2.85 bits per heavy atom. The molecule has 1 aromatic heterocycles. The second-order valence-corrected chi connectivity index (χ2v) is 5.21. The van der Waals surface area contributed by atoms with Gasteiger partial charge in [-0.15, -0.1) is 0 Å². The highest BCUT2D eigenvalue weighted by atomic mass is 16.1. The van der Waals surface area contributed by atoms with E-state index in [2.05, 4.69) is 16.4 Å². The molecule has 4 heteroatoms. The van der Waals surface area contributed by atoms with Crippen LogP contribution in [0.4, 0.5) is 0 Å². The number of aryl methyl sites for hydroxylation is 1. The highest BCUT2D eigenvalue weighted by Gasteiger charge is 2.30. The fraction of sp³-hybridized carbons (Fsp3) is 0.250. The number of rotatable bonds is 2. The van der Waals surface area contributed by atoms with Gasteiger partial charge in [0.15, 0.2) is 0 Å². The zero-order valence-electron chi connectivity index (χ0n) is 11.3. The van der Waals surface area contributed by atoms with E-state index in [1.165, 1.54) is 5.56 Å². The largest absolute Gasteiger partial charge is 0.344 e. The predicted octanol–water partition coefficient (Wildman–Crippen LogP) is 1.74. The third-order valence-electron chi connectivity index (χ3n) is 3.73. The van der Waals surface area contributed by atoms with Crippen LogP contribution in [-0.4, -0.2) is 16.9 Å². The van der Waals surface area contributed by atoms with Crippen LogP contribution >= 0.6 is 0 Å². The van der Waals surface area contributed by atoms with Crippen molar-refractivity contribution in [3.05, 3.63) is 65.0 Å². The minimum Gasteiger partial charge on any atom is -0.344 e. The fourth-order valence-electron chi connectivity index (χ4n) is 2.64. The Hall–Kier alpha value is -2.20. The fourth-order valence-corrected chi connectivity index (χ4v) is 2.64. The van der Waals surface area contributed by atoms with Crippen LogP contribution in [0.2, 0.25) is 0 Å². The Bertz CT molecular complexity index is 636. The lowest BCUT2D eigenvalue weighted by molar-refractivity contribution is 0.0932. The highest BCUT2D eigenvalue weighted by Crippen LogP contribution is 2.30. The van der Waals surface area contributed by atoms with Gasteiger partial charge in [0.25, 0.3) is 5.91 Å². The van der Waals surface area contributed by atoms with Gasteiger partial charge in [0.05, 0.1) is 11.6 Å². The van der Waals surface area contributed by atoms with Crippen LogP contribution in [0.25, 0.3) is 0 Å². The molecule has 0 bridgehead atoms. The van der Waals surface area contributed by atoms with E-state index >= 15 is 0 Å². The van der Waals surface area contributed by atoms with Crippen molar-refractivity contribution in [2.45, 2.75) is 25.4 Å². The normalized spacial score (nSPS) is 20.5. The molecule has 1 heterocycles. The first kappa shape index (κ1) is 12.8. The Morgan fingerprint density at radius 2 is 2.10 bits per heavy atom. The van der Waals surface area contributed by atoms with Gasteiger partial charge in [-0.1, -0.05) is 24.3 Å². The monoisotopic (exact) mass is 267 g/mol. The van der Waals surface area contributed by atoms with Crippen LogP contribution in [0.1, 0.15) is 33.2 Å². The van der Waals surface area contributed by atoms with Crippen molar-refractivity contribution in [1.82, 2.24) is 10.3 Å². The van der Waals surface area contributed by atoms with E-state index in [0.29, 0.717) is 5.56 Å². The number of nitrogens with two attached hydrogens (primary N) is 1. The standard InChI is InChI=1S/C16H17N3O/c1-10-6-7-12(9-18-10)16(20)19-15-13-5-3-2-4-11(13)8-14(15)17/h2-7,9,14-15H,8,17H2,1H3,(H,19,20). The van der Waals surface area contributed by atoms with Crippen molar-refractivity contribution < 1.29 is 4.79 Å². The van der Waals surface area contributed by atoms with E-state index in [0.717, 1.165) is 17.7 Å². The molecular formula is C16H17N3O. The van der Waals surface area contributed by atoms with E-state index in [1.54, 1.807) is 12.3 Å². The minimum absolute atomic E-state index is 0.0743. The van der Waals surface area contributed by atoms with Gasteiger partial charge in [-0.05, 0) is 36.6 Å². The molecule has 0 fully saturated rings. The lowest BCUT2D eigenvalue weighted by atomic mass is 10.1. The number of amides is 1. The van der Waals surface area contributed by atoms with E-state index < -0.39 is 0 Å². The van der Waals surface area contributed by atoms with Crippen LogP contribution < -0.4 is 11.1 Å². The molecule has 2 aromatic rings. The first-order valence-electron chi connectivity index (χ1n) is 6.72. The van der Waals surface area contributed by atoms with E-state index in [1.807, 2.05) is 31.2 Å². The zero-order valence-corrected chi connectivity index (χ0v) is 11.3. The quantitative estimate of drug-likeness (QED) is 0.871. The molecule has 102 valence electrons. The summed E-state index contributed by atoms with van der Waals surface area (Å²) in [5, 5.41) is 3.02. The molecule has 1 amide bonds. The lowest BCUT2D eigenvalue weighted by Gasteiger charge is -2.18. The Balaban J connectivity index is 1.81. The molecular weight excluding hydrogens is 250 g/mol. The molecule has 0 saturated heterocycles. The SMILES string of the molecule is Cc1ccc(C(=O)NC2c3ccccc3CC2N)cn1. The Morgan fingerprint density at radius 1 is 1.30 bits per heavy atom. The molecule has 1 aromatic carbocycles. The summed E-state index contributed by atoms with van der Waals surface area (Å²) in [4.78, 5) is 16.4. The summed E-state index contributed by atoms with van der Waals surface area (Å²) in [7, 11) is 0. The van der Waals surface area contributed by atoms with Crippen molar-refractivity contribution in [3.63, 3.8) is 0 Å². The van der Waals surface area contributed by atoms with Crippen molar-refractivity contribution >= 4 is 5.91 Å². The second-order valence-electron chi connectivity index (χ2n) is 5.21. The second kappa shape index (κ2) is 5.06. The molecule has 3 N–H and O–H groups in total. The molecule has 0 aliphatic heterocycles. The predicted molar refractivity (Wildman–Crippen MR) is 77.3 cm³/mol. The molecule has 0 spiro atoms. The van der Waals surface area contributed by atoms with Gasteiger partial charge in [-0.2, -0.15) is 0 Å². The highest BCUT2D eigenvalue weighted by molar-refractivity contribution is 5.94. The van der Waals surface area contributed by atoms with Crippen LogP contribution in [-0.2, 0) is 6.42 Å². The number of nitrogens with one attached hydrogen (secondary N) is 1. The number of carbonyl (C=O) groups excluding carboxylic acids is 1. The van der Waals surface area contributed by atoms with Gasteiger partial charge >= 0.3 is 0 Å². The first-order valence-corrected chi connectivity index (χ1v) is 6.72. The number of hydrogen-bond donors (Lipinski definition) is 2. The Labute approximate surface area is 118 Å². The topological polar surface area (TPSA) is 68.0 Å². The third-order valence-corrected chi connectivity index (χ3v) is 3.73. The summed E-state index contributed by atoms with van der Waals surface area (Å²) >= 11 is 0. The number of pyridine rings is 1. The summed E-state index contributed by atoms with van der Waals surface area (Å²) in [6.45, 7) is 1.89. The number of carbonyl (C=O) groups is 1. The van der Waals surface area contributed by atoms with Gasteiger partial charge in [-0.3, -0.25) is 9.78 Å². The molecule has 1 aliphatic rings. The first-order chi connectivity index (χ1) is 9.65. The molecule has 2 atom stereocenters. The van der Waals surface area contributed by atoms with Crippen LogP contribution in [0.3, 0.4) is 0 Å². The average Bonchev–Trinajstić information content (AvgIpc) is 2.76. The van der Waals surface area contributed by atoms with E-state index in [9.17, 15) is 4.79 Å². The number of nitrogens with zero attached hydrogens (tertiary/aromatic N) is 1. The maximum Gasteiger partial charge on any atom is 0.253 e. The van der Waals surface area contributed by atoms with Crippen LogP contribution in [0, 0.1) is 6.92 Å². The van der Waals surface area contributed by atoms with Gasteiger partial charge in [0, 0.05) is 17.9 Å². The van der Waals surface area contributed by atoms with Crippen LogP contribution in [0.5, 0.6) is 0 Å². The maximum absolute atomic E-state index is 12.3. The van der Waals surface area contributed by atoms with Gasteiger partial charge in [0.2, 0.25) is 0 Å². The summed E-state index contributed by atoms with van der Waals surface area (Å²) in [5.41, 5.74) is 9.94. The molecule has 0 radical (unpaired) electrons. The molecule has 4 nitrogen and oxygen atoms in total. The van der Waals surface area contributed by atoms with Crippen molar-refractivity contribution in [1.29, 1.82) is 0 Å². The maximum atomic E-state index is 12.3. The molecule has 1 aliphatic carbocycles. The van der Waals surface area contributed by atoms with Crippen molar-refractivity contribution in [3.8, 4) is 0 Å². The number of benzene rings is 1. The summed E-state index contributed by atoms with van der Waals surface area (Å²) < 4.78 is 0. The van der Waals surface area contributed by atoms with Gasteiger partial charge in [-0.25, -0.2) is 0 Å². The zero-order chi connectivity index (χ0) is 14.1. The molecule has 2 unspecified atom stereocenters. The van der Waals surface area contributed by atoms with Crippen molar-refractivity contribution in [2.75, 3.05) is 0 Å². The summed E-state index contributed by atoms with van der Waals surface area (Å²) in [5.74, 6) is -0.130. The molecule has 0 saturated carbocycles.